The third-order valence-electron chi connectivity index (χ3n) is 13.7. The molecule has 0 aliphatic rings. The van der Waals surface area contributed by atoms with Crippen LogP contribution in [0, 0.1) is 13.8 Å². The maximum atomic E-state index is 5.38. The number of benzene rings is 10. The molecule has 10 aromatic carbocycles. The number of fused-ring (bicyclic) bond motifs is 6. The Morgan fingerprint density at radius 1 is 0.257 bits per heavy atom. The average molecular weight is 896 g/mol. The Balaban J connectivity index is 1.06. The fraction of sp³-hybridized carbons (Fsp3) is 0.0308. The molecule has 0 saturated heterocycles. The predicted octanol–water partition coefficient (Wildman–Crippen LogP) is 16.7. The minimum atomic E-state index is 0.588. The minimum Gasteiger partial charge on any atom is -0.309 e. The first-order valence-corrected chi connectivity index (χ1v) is 23.8. The van der Waals surface area contributed by atoms with Crippen LogP contribution in [0.1, 0.15) is 11.1 Å². The van der Waals surface area contributed by atoms with Gasteiger partial charge in [0.05, 0.1) is 33.4 Å². The van der Waals surface area contributed by atoms with Crippen molar-refractivity contribution in [2.45, 2.75) is 13.8 Å². The van der Waals surface area contributed by atoms with E-state index in [0.717, 1.165) is 61.3 Å². The van der Waals surface area contributed by atoms with E-state index in [0.29, 0.717) is 17.5 Å². The molecule has 0 amide bonds. The van der Waals surface area contributed by atoms with Crippen molar-refractivity contribution in [2.24, 2.45) is 0 Å². The standard InChI is InChI=1S/C65H45N5/c1-42-25-29-44(30-26-42)48-33-36-60-54(39-48)52-20-10-13-23-58(52)69(60)57-22-12-9-19-51(57)50-35-38-62(56(41-50)65-67-63(46-15-5-3-6-16-46)66-64(68-65)47-17-7-4-8-18-47)70-59-24-14-11-21-53(59)55-40-49(34-37-61(55)70)45-31-27-43(2)28-32-45/h3-41H,1-2H3. The Hall–Kier alpha value is -9.19. The lowest BCUT2D eigenvalue weighted by atomic mass is 9.98. The van der Waals surface area contributed by atoms with Gasteiger partial charge >= 0.3 is 0 Å². The van der Waals surface area contributed by atoms with Crippen LogP contribution in [-0.4, -0.2) is 24.1 Å². The molecule has 5 nitrogen and oxygen atoms in total. The molecule has 0 bridgehead atoms. The highest BCUT2D eigenvalue weighted by Crippen LogP contribution is 2.42. The van der Waals surface area contributed by atoms with Crippen LogP contribution in [0.2, 0.25) is 0 Å². The first-order valence-electron chi connectivity index (χ1n) is 23.8. The second-order valence-corrected chi connectivity index (χ2v) is 18.2. The van der Waals surface area contributed by atoms with Crippen LogP contribution in [0.4, 0.5) is 0 Å². The zero-order valence-corrected chi connectivity index (χ0v) is 38.8. The SMILES string of the molecule is Cc1ccc(-c2ccc3c(c2)c2ccccc2n3-c2ccccc2-c2ccc(-n3c4ccccc4c4cc(-c5ccc(C)cc5)ccc43)c(-c3nc(-c4ccccc4)nc(-c4ccccc4)n3)c2)cc1. The van der Waals surface area contributed by atoms with Crippen LogP contribution in [0.25, 0.3) is 123 Å². The molecule has 70 heavy (non-hydrogen) atoms. The van der Waals surface area contributed by atoms with Crippen LogP contribution in [-0.2, 0) is 0 Å². The second-order valence-electron chi connectivity index (χ2n) is 18.2. The van der Waals surface area contributed by atoms with Crippen molar-refractivity contribution in [1.29, 1.82) is 0 Å². The minimum absolute atomic E-state index is 0.588. The Labute approximate surface area is 406 Å². The Morgan fingerprint density at radius 3 is 1.19 bits per heavy atom. The van der Waals surface area contributed by atoms with Crippen LogP contribution >= 0.6 is 0 Å². The van der Waals surface area contributed by atoms with Gasteiger partial charge in [0.2, 0.25) is 0 Å². The Morgan fingerprint density at radius 2 is 0.657 bits per heavy atom. The third kappa shape index (κ3) is 7.06. The molecule has 5 heteroatoms. The largest absolute Gasteiger partial charge is 0.309 e. The fourth-order valence-corrected chi connectivity index (χ4v) is 10.2. The fourth-order valence-electron chi connectivity index (χ4n) is 10.2. The number of aryl methyl sites for hydroxylation is 2. The van der Waals surface area contributed by atoms with Gasteiger partial charge in [-0.2, -0.15) is 0 Å². The van der Waals surface area contributed by atoms with Crippen molar-refractivity contribution in [3.8, 4) is 78.9 Å². The number of aromatic nitrogens is 5. The summed E-state index contributed by atoms with van der Waals surface area (Å²) in [4.78, 5) is 15.9. The first-order chi connectivity index (χ1) is 34.5. The molecule has 0 unspecified atom stereocenters. The normalized spacial score (nSPS) is 11.6. The van der Waals surface area contributed by atoms with E-state index >= 15 is 0 Å². The van der Waals surface area contributed by atoms with Crippen molar-refractivity contribution in [2.75, 3.05) is 0 Å². The summed E-state index contributed by atoms with van der Waals surface area (Å²) in [5, 5.41) is 4.77. The van der Waals surface area contributed by atoms with Crippen molar-refractivity contribution in [3.63, 3.8) is 0 Å². The van der Waals surface area contributed by atoms with E-state index < -0.39 is 0 Å². The second kappa shape index (κ2) is 16.8. The smallest absolute Gasteiger partial charge is 0.166 e. The van der Waals surface area contributed by atoms with E-state index in [1.807, 2.05) is 36.4 Å². The molecule has 0 radical (unpaired) electrons. The highest BCUT2D eigenvalue weighted by Gasteiger charge is 2.23. The van der Waals surface area contributed by atoms with Crippen LogP contribution in [0.5, 0.6) is 0 Å². The van der Waals surface area contributed by atoms with E-state index in [-0.39, 0.29) is 0 Å². The molecule has 13 rings (SSSR count). The molecule has 0 atom stereocenters. The van der Waals surface area contributed by atoms with Gasteiger partial charge in [0.25, 0.3) is 0 Å². The van der Waals surface area contributed by atoms with E-state index in [1.165, 1.54) is 54.9 Å². The molecule has 0 fully saturated rings. The maximum Gasteiger partial charge on any atom is 0.166 e. The number of para-hydroxylation sites is 3. The summed E-state index contributed by atoms with van der Waals surface area (Å²) in [5.74, 6) is 1.81. The zero-order chi connectivity index (χ0) is 46.7. The number of rotatable bonds is 8. The number of nitrogens with zero attached hydrogens (tertiary/aromatic N) is 5. The van der Waals surface area contributed by atoms with Gasteiger partial charge < -0.3 is 9.13 Å². The molecule has 0 spiro atoms. The topological polar surface area (TPSA) is 48.5 Å². The van der Waals surface area contributed by atoms with Gasteiger partial charge in [-0.1, -0.05) is 193 Å². The van der Waals surface area contributed by atoms with Gasteiger partial charge in [0, 0.05) is 43.8 Å². The van der Waals surface area contributed by atoms with Gasteiger partial charge in [-0.3, -0.25) is 0 Å². The molecule has 0 saturated carbocycles. The summed E-state index contributed by atoms with van der Waals surface area (Å²) in [7, 11) is 0. The van der Waals surface area contributed by atoms with E-state index in [9.17, 15) is 0 Å². The van der Waals surface area contributed by atoms with Gasteiger partial charge in [0.15, 0.2) is 17.5 Å². The molecule has 330 valence electrons. The molecule has 13 aromatic rings. The summed E-state index contributed by atoms with van der Waals surface area (Å²) >= 11 is 0. The molecular weight excluding hydrogens is 851 g/mol. The quantitative estimate of drug-likeness (QED) is 0.153. The lowest BCUT2D eigenvalue weighted by molar-refractivity contribution is 1.06. The highest BCUT2D eigenvalue weighted by atomic mass is 15.1. The molecule has 0 aliphatic carbocycles. The predicted molar refractivity (Wildman–Crippen MR) is 291 cm³/mol. The summed E-state index contributed by atoms with van der Waals surface area (Å²) in [6, 6.07) is 84.8. The van der Waals surface area contributed by atoms with Crippen molar-refractivity contribution < 1.29 is 0 Å². The van der Waals surface area contributed by atoms with E-state index in [4.69, 9.17) is 15.0 Å². The number of hydrogen-bond donors (Lipinski definition) is 0. The maximum absolute atomic E-state index is 5.38. The number of hydrogen-bond acceptors (Lipinski definition) is 3. The van der Waals surface area contributed by atoms with Crippen molar-refractivity contribution in [1.82, 2.24) is 24.1 Å². The Bertz CT molecular complexity index is 4050. The molecule has 0 N–H and O–H groups in total. The van der Waals surface area contributed by atoms with Gasteiger partial charge in [-0.05, 0) is 96.3 Å². The van der Waals surface area contributed by atoms with E-state index in [1.54, 1.807) is 0 Å². The zero-order valence-electron chi connectivity index (χ0n) is 38.8. The summed E-state index contributed by atoms with van der Waals surface area (Å²) in [6.45, 7) is 4.27. The van der Waals surface area contributed by atoms with Crippen molar-refractivity contribution in [3.05, 3.63) is 248 Å². The molecule has 3 aromatic heterocycles. The monoisotopic (exact) mass is 895 g/mol. The molecular formula is C65H45N5. The highest BCUT2D eigenvalue weighted by molar-refractivity contribution is 6.12. The summed E-state index contributed by atoms with van der Waals surface area (Å²) < 4.78 is 4.82. The van der Waals surface area contributed by atoms with E-state index in [2.05, 4.69) is 223 Å². The van der Waals surface area contributed by atoms with Crippen molar-refractivity contribution >= 4 is 43.6 Å². The van der Waals surface area contributed by atoms with Crippen LogP contribution in [0.3, 0.4) is 0 Å². The lowest BCUT2D eigenvalue weighted by Gasteiger charge is -2.18. The lowest BCUT2D eigenvalue weighted by Crippen LogP contribution is -2.04. The first kappa shape index (κ1) is 41.0. The van der Waals surface area contributed by atoms with Crippen LogP contribution in [0.15, 0.2) is 237 Å². The molecule has 3 heterocycles. The molecule has 0 aliphatic heterocycles. The third-order valence-corrected chi connectivity index (χ3v) is 13.7. The van der Waals surface area contributed by atoms with Gasteiger partial charge in [-0.25, -0.2) is 15.0 Å². The summed E-state index contributed by atoms with van der Waals surface area (Å²) in [6.07, 6.45) is 0. The Kier molecular flexibility index (Phi) is 9.88. The van der Waals surface area contributed by atoms with Gasteiger partial charge in [0.1, 0.15) is 0 Å². The van der Waals surface area contributed by atoms with Crippen LogP contribution < -0.4 is 0 Å². The summed E-state index contributed by atoms with van der Waals surface area (Å²) in [5.41, 5.74) is 18.7. The van der Waals surface area contributed by atoms with Gasteiger partial charge in [-0.15, -0.1) is 0 Å². The average Bonchev–Trinajstić information content (AvgIpc) is 3.93.